The summed E-state index contributed by atoms with van der Waals surface area (Å²) in [5.41, 5.74) is 2.34. The average molecular weight is 524 g/mol. The van der Waals surface area contributed by atoms with Crippen molar-refractivity contribution in [2.75, 3.05) is 38.2 Å². The van der Waals surface area contributed by atoms with E-state index < -0.39 is 11.1 Å². The third-order valence-electron chi connectivity index (χ3n) is 5.85. The molecule has 2 fully saturated rings. The van der Waals surface area contributed by atoms with Crippen LogP contribution < -0.4 is 14.8 Å². The summed E-state index contributed by atoms with van der Waals surface area (Å²) in [5.74, 6) is -0.235. The lowest BCUT2D eigenvalue weighted by Gasteiger charge is -2.18. The Morgan fingerprint density at radius 2 is 1.84 bits per heavy atom. The minimum atomic E-state index is -0.492. The number of carbonyl (C=O) groups is 4. The highest BCUT2D eigenvalue weighted by molar-refractivity contribution is 8.18. The Hall–Kier alpha value is -3.79. The van der Waals surface area contributed by atoms with Gasteiger partial charge in [-0.05, 0) is 79.9 Å². The Balaban J connectivity index is 1.41. The number of ether oxygens (including phenoxy) is 2. The lowest BCUT2D eigenvalue weighted by atomic mass is 10.2. The Morgan fingerprint density at radius 1 is 1.05 bits per heavy atom. The highest BCUT2D eigenvalue weighted by atomic mass is 32.2. The first-order valence-corrected chi connectivity index (χ1v) is 12.9. The lowest BCUT2D eigenvalue weighted by molar-refractivity contribution is -0.135. The van der Waals surface area contributed by atoms with Crippen LogP contribution in [-0.2, 0) is 14.4 Å². The van der Waals surface area contributed by atoms with Gasteiger partial charge in [-0.1, -0.05) is 18.2 Å². The fraction of sp³-hybridized carbons (Fsp3) is 0.333. The van der Waals surface area contributed by atoms with Gasteiger partial charge >= 0.3 is 0 Å². The molecule has 2 saturated heterocycles. The van der Waals surface area contributed by atoms with E-state index in [1.807, 2.05) is 32.0 Å². The second kappa shape index (κ2) is 12.0. The number of aryl methyl sites for hydroxylation is 1. The fourth-order valence-corrected chi connectivity index (χ4v) is 4.89. The first-order valence-electron chi connectivity index (χ1n) is 12.1. The molecular weight excluding hydrogens is 494 g/mol. The van der Waals surface area contributed by atoms with Crippen molar-refractivity contribution in [1.82, 2.24) is 9.80 Å². The summed E-state index contributed by atoms with van der Waals surface area (Å²) >= 11 is 0.803. The molecule has 0 aliphatic carbocycles. The van der Waals surface area contributed by atoms with Crippen molar-refractivity contribution in [3.8, 4) is 11.5 Å². The zero-order valence-electron chi connectivity index (χ0n) is 20.8. The molecule has 37 heavy (non-hydrogen) atoms. The number of rotatable bonds is 9. The highest BCUT2D eigenvalue weighted by Crippen LogP contribution is 2.35. The molecule has 0 spiro atoms. The number of hydrogen-bond donors (Lipinski definition) is 1. The molecule has 2 aliphatic rings. The van der Waals surface area contributed by atoms with Gasteiger partial charge in [-0.2, -0.15) is 0 Å². The number of amides is 4. The number of nitrogens with one attached hydrogen (secondary N) is 1. The molecule has 2 aliphatic heterocycles. The van der Waals surface area contributed by atoms with E-state index in [2.05, 4.69) is 5.32 Å². The zero-order valence-corrected chi connectivity index (χ0v) is 21.6. The minimum absolute atomic E-state index is 0.211. The summed E-state index contributed by atoms with van der Waals surface area (Å²) < 4.78 is 11.4. The maximum atomic E-state index is 12.8. The number of carbonyl (C=O) groups excluding carboxylic acids is 4. The van der Waals surface area contributed by atoms with Crippen molar-refractivity contribution in [2.45, 2.75) is 26.7 Å². The summed E-state index contributed by atoms with van der Waals surface area (Å²) in [6.45, 7) is 4.99. The number of benzene rings is 2. The molecule has 9 nitrogen and oxygen atoms in total. The number of anilines is 1. The second-order valence-electron chi connectivity index (χ2n) is 8.70. The van der Waals surface area contributed by atoms with E-state index in [0.29, 0.717) is 42.4 Å². The molecule has 0 unspecified atom stereocenters. The molecule has 4 rings (SSSR count). The number of imide groups is 1. The summed E-state index contributed by atoms with van der Waals surface area (Å²) in [7, 11) is 0. The smallest absolute Gasteiger partial charge is 0.294 e. The van der Waals surface area contributed by atoms with Crippen molar-refractivity contribution in [3.05, 3.63) is 58.5 Å². The van der Waals surface area contributed by atoms with Crippen LogP contribution in [0.25, 0.3) is 6.08 Å². The van der Waals surface area contributed by atoms with Crippen LogP contribution in [0.5, 0.6) is 11.5 Å². The van der Waals surface area contributed by atoms with Crippen LogP contribution in [0.1, 0.15) is 30.9 Å². The number of nitrogens with zero attached hydrogens (tertiary/aromatic N) is 2. The van der Waals surface area contributed by atoms with Gasteiger partial charge in [0, 0.05) is 18.8 Å². The highest BCUT2D eigenvalue weighted by Gasteiger charge is 2.37. The third kappa shape index (κ3) is 6.71. The summed E-state index contributed by atoms with van der Waals surface area (Å²) in [6, 6.07) is 12.5. The van der Waals surface area contributed by atoms with E-state index in [0.717, 1.165) is 35.1 Å². The normalized spacial score (nSPS) is 16.4. The topological polar surface area (TPSA) is 105 Å². The standard InChI is InChI=1S/C27H29N3O6S/c1-3-35-22-14-19(9-10-21(22)36-17-24(31)28-20-8-6-7-18(2)13-20)15-23-26(33)30(27(34)37-23)16-25(32)29-11-4-5-12-29/h6-10,13-15H,3-5,11-12,16-17H2,1-2H3,(H,28,31)/b23-15+. The predicted octanol–water partition coefficient (Wildman–Crippen LogP) is 4.07. The van der Waals surface area contributed by atoms with Crippen molar-refractivity contribution in [1.29, 1.82) is 0 Å². The van der Waals surface area contributed by atoms with E-state index in [9.17, 15) is 19.2 Å². The molecule has 10 heteroatoms. The van der Waals surface area contributed by atoms with Crippen LogP contribution in [0.15, 0.2) is 47.4 Å². The minimum Gasteiger partial charge on any atom is -0.490 e. The molecule has 0 saturated carbocycles. The molecule has 4 amide bonds. The quantitative estimate of drug-likeness (QED) is 0.494. The van der Waals surface area contributed by atoms with E-state index >= 15 is 0 Å². The van der Waals surface area contributed by atoms with Crippen LogP contribution in [0.2, 0.25) is 0 Å². The van der Waals surface area contributed by atoms with Crippen LogP contribution in [-0.4, -0.2) is 65.6 Å². The molecule has 2 aromatic carbocycles. The van der Waals surface area contributed by atoms with E-state index in [4.69, 9.17) is 9.47 Å². The monoisotopic (exact) mass is 523 g/mol. The number of hydrogen-bond acceptors (Lipinski definition) is 7. The Labute approximate surface area is 219 Å². The summed E-state index contributed by atoms with van der Waals surface area (Å²) in [5, 5.41) is 2.33. The van der Waals surface area contributed by atoms with Crippen molar-refractivity contribution >= 4 is 46.5 Å². The van der Waals surface area contributed by atoms with Crippen molar-refractivity contribution in [3.63, 3.8) is 0 Å². The van der Waals surface area contributed by atoms with Gasteiger partial charge in [-0.15, -0.1) is 0 Å². The van der Waals surface area contributed by atoms with Gasteiger partial charge in [-0.3, -0.25) is 24.1 Å². The maximum Gasteiger partial charge on any atom is 0.294 e. The Morgan fingerprint density at radius 3 is 2.57 bits per heavy atom. The zero-order chi connectivity index (χ0) is 26.4. The van der Waals surface area contributed by atoms with Gasteiger partial charge in [0.15, 0.2) is 18.1 Å². The maximum absolute atomic E-state index is 12.8. The lowest BCUT2D eigenvalue weighted by Crippen LogP contribution is -2.40. The third-order valence-corrected chi connectivity index (χ3v) is 6.76. The fourth-order valence-electron chi connectivity index (χ4n) is 4.05. The summed E-state index contributed by atoms with van der Waals surface area (Å²) in [6.07, 6.45) is 3.46. The number of likely N-dealkylation sites (tertiary alicyclic amines) is 1. The van der Waals surface area contributed by atoms with Gasteiger partial charge in [0.05, 0.1) is 11.5 Å². The molecule has 2 heterocycles. The van der Waals surface area contributed by atoms with Crippen LogP contribution in [0.4, 0.5) is 10.5 Å². The van der Waals surface area contributed by atoms with Gasteiger partial charge < -0.3 is 19.7 Å². The Kier molecular flexibility index (Phi) is 8.50. The van der Waals surface area contributed by atoms with Gasteiger partial charge in [0.25, 0.3) is 17.1 Å². The molecule has 0 atom stereocenters. The first kappa shape index (κ1) is 26.3. The average Bonchev–Trinajstić information content (AvgIpc) is 3.49. The molecular formula is C27H29N3O6S. The molecule has 0 bridgehead atoms. The van der Waals surface area contributed by atoms with Crippen LogP contribution >= 0.6 is 11.8 Å². The molecule has 194 valence electrons. The predicted molar refractivity (Wildman–Crippen MR) is 141 cm³/mol. The van der Waals surface area contributed by atoms with Gasteiger partial charge in [0.1, 0.15) is 6.54 Å². The SMILES string of the molecule is CCOc1cc(/C=C2/SC(=O)N(CC(=O)N3CCCC3)C2=O)ccc1OCC(=O)Nc1cccc(C)c1. The van der Waals surface area contributed by atoms with Crippen LogP contribution in [0.3, 0.4) is 0 Å². The first-order chi connectivity index (χ1) is 17.8. The molecule has 2 aromatic rings. The molecule has 0 radical (unpaired) electrons. The Bertz CT molecular complexity index is 1240. The molecule has 0 aromatic heterocycles. The van der Waals surface area contributed by atoms with E-state index in [1.54, 1.807) is 35.2 Å². The van der Waals surface area contributed by atoms with E-state index in [1.165, 1.54) is 0 Å². The van der Waals surface area contributed by atoms with Gasteiger partial charge in [-0.25, -0.2) is 0 Å². The summed E-state index contributed by atoms with van der Waals surface area (Å²) in [4.78, 5) is 52.9. The largest absolute Gasteiger partial charge is 0.490 e. The van der Waals surface area contributed by atoms with Gasteiger partial charge in [0.2, 0.25) is 5.91 Å². The van der Waals surface area contributed by atoms with Crippen LogP contribution in [0, 0.1) is 6.92 Å². The van der Waals surface area contributed by atoms with Crippen molar-refractivity contribution < 1.29 is 28.7 Å². The number of thioether (sulfide) groups is 1. The van der Waals surface area contributed by atoms with Crippen molar-refractivity contribution in [2.24, 2.45) is 0 Å². The van der Waals surface area contributed by atoms with E-state index in [-0.39, 0.29) is 29.9 Å². The molecule has 1 N–H and O–H groups in total. The second-order valence-corrected chi connectivity index (χ2v) is 9.69.